The van der Waals surface area contributed by atoms with Gasteiger partial charge in [-0.15, -0.1) is 5.54 Å². The first kappa shape index (κ1) is 17.2. The fourth-order valence-electron chi connectivity index (χ4n) is 2.23. The predicted octanol–water partition coefficient (Wildman–Crippen LogP) is 5.61. The molecular weight excluding hydrogens is 294 g/mol. The van der Waals surface area contributed by atoms with E-state index >= 15 is 0 Å². The highest BCUT2D eigenvalue weighted by Gasteiger charge is 2.10. The molecule has 2 rings (SSSR count). The smallest absolute Gasteiger partial charge is 0.129 e. The summed E-state index contributed by atoms with van der Waals surface area (Å²) < 4.78 is 0. The van der Waals surface area contributed by atoms with Gasteiger partial charge in [0, 0.05) is 5.56 Å². The van der Waals surface area contributed by atoms with Crippen molar-refractivity contribution in [1.29, 1.82) is 0 Å². The summed E-state index contributed by atoms with van der Waals surface area (Å²) in [6.45, 7) is 13.1. The van der Waals surface area contributed by atoms with Crippen molar-refractivity contribution in [2.24, 2.45) is 4.99 Å². The van der Waals surface area contributed by atoms with Gasteiger partial charge >= 0.3 is 0 Å². The fraction of sp³-hybridized carbons (Fsp3) is 0.286. The molecule has 2 heteroatoms. The number of aryl methyl sites for hydroxylation is 3. The first-order valence-electron chi connectivity index (χ1n) is 8.01. The largest absolute Gasteiger partial charge is 0.239 e. The molecule has 0 bridgehead atoms. The third kappa shape index (κ3) is 5.23. The maximum atomic E-state index is 4.83. The van der Waals surface area contributed by atoms with Crippen molar-refractivity contribution in [3.05, 3.63) is 64.7 Å². The van der Waals surface area contributed by atoms with E-state index in [1.807, 2.05) is 0 Å². The van der Waals surface area contributed by atoms with Crippen LogP contribution >= 0.6 is 0 Å². The zero-order valence-electron chi connectivity index (χ0n) is 15.0. The Morgan fingerprint density at radius 1 is 0.870 bits per heavy atom. The average Bonchev–Trinajstić information content (AvgIpc) is 2.45. The maximum absolute atomic E-state index is 4.83. The minimum absolute atomic E-state index is 0.869. The third-order valence-corrected chi connectivity index (χ3v) is 4.34. The highest BCUT2D eigenvalue weighted by atomic mass is 28.3. The zero-order chi connectivity index (χ0) is 17.0. The predicted molar refractivity (Wildman–Crippen MR) is 104 cm³/mol. The van der Waals surface area contributed by atoms with Crippen molar-refractivity contribution in [3.8, 4) is 11.5 Å². The first-order valence-corrected chi connectivity index (χ1v) is 11.5. The van der Waals surface area contributed by atoms with Crippen LogP contribution in [-0.2, 0) is 0 Å². The van der Waals surface area contributed by atoms with E-state index in [-0.39, 0.29) is 0 Å². The van der Waals surface area contributed by atoms with Crippen molar-refractivity contribution >= 4 is 19.5 Å². The normalized spacial score (nSPS) is 11.8. The van der Waals surface area contributed by atoms with Gasteiger partial charge in [-0.25, -0.2) is 4.99 Å². The van der Waals surface area contributed by atoms with Crippen molar-refractivity contribution in [2.75, 3.05) is 0 Å². The molecule has 0 N–H and O–H groups in total. The van der Waals surface area contributed by atoms with Crippen LogP contribution in [0.15, 0.2) is 47.5 Å². The molecule has 0 saturated heterocycles. The van der Waals surface area contributed by atoms with E-state index in [1.54, 1.807) is 0 Å². The summed E-state index contributed by atoms with van der Waals surface area (Å²) in [7, 11) is -1.45. The monoisotopic (exact) mass is 319 g/mol. The van der Waals surface area contributed by atoms with Crippen LogP contribution < -0.4 is 0 Å². The molecule has 0 radical (unpaired) electrons. The second kappa shape index (κ2) is 6.98. The highest BCUT2D eigenvalue weighted by molar-refractivity contribution is 6.84. The van der Waals surface area contributed by atoms with Gasteiger partial charge in [0.05, 0.1) is 5.69 Å². The van der Waals surface area contributed by atoms with Gasteiger partial charge in [0.25, 0.3) is 0 Å². The van der Waals surface area contributed by atoms with E-state index in [9.17, 15) is 0 Å². The van der Waals surface area contributed by atoms with Crippen LogP contribution in [-0.4, -0.2) is 13.8 Å². The quantitative estimate of drug-likeness (QED) is 0.387. The van der Waals surface area contributed by atoms with Crippen LogP contribution in [0.5, 0.6) is 0 Å². The molecule has 0 amide bonds. The lowest BCUT2D eigenvalue weighted by Crippen LogP contribution is -2.17. The first-order chi connectivity index (χ1) is 10.7. The Morgan fingerprint density at radius 3 is 2.04 bits per heavy atom. The Hall–Kier alpha value is -2.11. The Kier molecular flexibility index (Phi) is 5.23. The molecule has 23 heavy (non-hydrogen) atoms. The van der Waals surface area contributed by atoms with Crippen LogP contribution in [0.4, 0.5) is 5.69 Å². The Labute approximate surface area is 141 Å². The lowest BCUT2D eigenvalue weighted by molar-refractivity contribution is 1.36. The Morgan fingerprint density at radius 2 is 1.48 bits per heavy atom. The molecule has 0 aliphatic rings. The van der Waals surface area contributed by atoms with Gasteiger partial charge in [0.15, 0.2) is 0 Å². The molecule has 2 aromatic carbocycles. The number of hydrogen-bond acceptors (Lipinski definition) is 1. The standard InChI is InChI=1S/C21H25NSi/c1-16-7-10-19(11-8-16)22-21(13-14-23(4,5)6)20-12-9-17(2)15-18(20)3/h7-12,15H,1-6H3. The van der Waals surface area contributed by atoms with Crippen LogP contribution in [0.1, 0.15) is 22.3 Å². The van der Waals surface area contributed by atoms with Crippen LogP contribution in [0.25, 0.3) is 0 Å². The molecule has 0 fully saturated rings. The van der Waals surface area contributed by atoms with Crippen molar-refractivity contribution < 1.29 is 0 Å². The fourth-order valence-corrected chi connectivity index (χ4v) is 2.72. The van der Waals surface area contributed by atoms with Gasteiger partial charge in [-0.1, -0.05) is 67.0 Å². The minimum Gasteiger partial charge on any atom is -0.239 e. The van der Waals surface area contributed by atoms with Gasteiger partial charge in [-0.05, 0) is 38.5 Å². The molecule has 2 aromatic rings. The highest BCUT2D eigenvalue weighted by Crippen LogP contribution is 2.18. The molecule has 0 atom stereocenters. The minimum atomic E-state index is -1.45. The van der Waals surface area contributed by atoms with E-state index in [4.69, 9.17) is 4.99 Å². The Balaban J connectivity index is 2.55. The van der Waals surface area contributed by atoms with Crippen LogP contribution in [0, 0.1) is 32.2 Å². The second-order valence-electron chi connectivity index (χ2n) is 7.11. The van der Waals surface area contributed by atoms with Crippen molar-refractivity contribution in [1.82, 2.24) is 0 Å². The molecule has 0 unspecified atom stereocenters. The van der Waals surface area contributed by atoms with E-state index in [1.165, 1.54) is 16.7 Å². The number of benzene rings is 2. The number of hydrogen-bond donors (Lipinski definition) is 0. The summed E-state index contributed by atoms with van der Waals surface area (Å²) in [6.07, 6.45) is 0. The summed E-state index contributed by atoms with van der Waals surface area (Å²) in [5.41, 5.74) is 10.1. The molecule has 0 aromatic heterocycles. The van der Waals surface area contributed by atoms with Gasteiger partial charge < -0.3 is 0 Å². The van der Waals surface area contributed by atoms with Crippen molar-refractivity contribution in [2.45, 2.75) is 40.4 Å². The molecule has 0 saturated carbocycles. The number of aliphatic imine (C=N–C) groups is 1. The van der Waals surface area contributed by atoms with Crippen LogP contribution in [0.2, 0.25) is 19.6 Å². The molecule has 118 valence electrons. The zero-order valence-corrected chi connectivity index (χ0v) is 16.0. The number of nitrogens with zero attached hydrogens (tertiary/aromatic N) is 1. The summed E-state index contributed by atoms with van der Waals surface area (Å²) in [4.78, 5) is 4.83. The van der Waals surface area contributed by atoms with Gasteiger partial charge in [0.1, 0.15) is 13.8 Å². The molecule has 1 nitrogen and oxygen atoms in total. The van der Waals surface area contributed by atoms with Gasteiger partial charge in [0.2, 0.25) is 0 Å². The molecule has 0 aliphatic carbocycles. The summed E-state index contributed by atoms with van der Waals surface area (Å²) in [5.74, 6) is 3.36. The Bertz CT molecular complexity index is 781. The third-order valence-electron chi connectivity index (χ3n) is 3.47. The summed E-state index contributed by atoms with van der Waals surface area (Å²) >= 11 is 0. The van der Waals surface area contributed by atoms with Gasteiger partial charge in [-0.3, -0.25) is 0 Å². The number of rotatable bonds is 2. The van der Waals surface area contributed by atoms with E-state index in [0.717, 1.165) is 17.0 Å². The molecule has 0 heterocycles. The summed E-state index contributed by atoms with van der Waals surface area (Å²) in [5, 5.41) is 0. The molecule has 0 aliphatic heterocycles. The lowest BCUT2D eigenvalue weighted by Gasteiger charge is -2.08. The average molecular weight is 320 g/mol. The maximum Gasteiger partial charge on any atom is 0.129 e. The van der Waals surface area contributed by atoms with E-state index < -0.39 is 8.07 Å². The topological polar surface area (TPSA) is 12.4 Å². The van der Waals surface area contributed by atoms with E-state index in [2.05, 4.69) is 94.3 Å². The summed E-state index contributed by atoms with van der Waals surface area (Å²) in [6, 6.07) is 14.7. The molecule has 0 spiro atoms. The van der Waals surface area contributed by atoms with Gasteiger partial charge in [-0.2, -0.15) is 0 Å². The van der Waals surface area contributed by atoms with Crippen molar-refractivity contribution in [3.63, 3.8) is 0 Å². The second-order valence-corrected chi connectivity index (χ2v) is 11.9. The van der Waals surface area contributed by atoms with E-state index in [0.29, 0.717) is 0 Å². The SMILES string of the molecule is Cc1ccc(N=C(C#C[Si](C)(C)C)c2ccc(C)cc2C)cc1. The molecular formula is C21H25NSi. The lowest BCUT2D eigenvalue weighted by atomic mass is 10.0. The van der Waals surface area contributed by atoms with Crippen LogP contribution in [0.3, 0.4) is 0 Å².